The van der Waals surface area contributed by atoms with E-state index in [1.54, 1.807) is 36.3 Å². The van der Waals surface area contributed by atoms with Crippen LogP contribution in [0.4, 0.5) is 4.39 Å². The number of aliphatic hydroxyl groups excluding tert-OH is 1. The summed E-state index contributed by atoms with van der Waals surface area (Å²) in [5, 5.41) is 9.17. The van der Waals surface area contributed by atoms with Crippen LogP contribution in [0.3, 0.4) is 0 Å². The number of fused-ring (bicyclic) bond motifs is 1. The molecule has 1 aliphatic carbocycles. The second-order valence-electron chi connectivity index (χ2n) is 12.0. The normalized spacial score (nSPS) is 17.1. The molecule has 1 amide bonds. The Morgan fingerprint density at radius 3 is 2.68 bits per heavy atom. The quantitative estimate of drug-likeness (QED) is 0.213. The molecule has 10 heteroatoms. The summed E-state index contributed by atoms with van der Waals surface area (Å²) < 4.78 is 21.8. The molecule has 1 N–H and O–H groups in total. The molecule has 4 heterocycles. The number of pyridine rings is 2. The van der Waals surface area contributed by atoms with E-state index in [1.807, 2.05) is 18.3 Å². The Labute approximate surface area is 260 Å². The third kappa shape index (κ3) is 7.31. The van der Waals surface area contributed by atoms with Gasteiger partial charge in [-0.2, -0.15) is 0 Å². The fraction of sp³-hybridized carbons (Fsp3) is 0.412. The van der Waals surface area contributed by atoms with Crippen LogP contribution in [0.1, 0.15) is 43.2 Å². The minimum atomic E-state index is -0.498. The molecule has 44 heavy (non-hydrogen) atoms. The molecule has 1 aliphatic heterocycles. The average molecular weight is 617 g/mol. The maximum absolute atomic E-state index is 15.0. The summed E-state index contributed by atoms with van der Waals surface area (Å²) >= 11 is 1.49. The van der Waals surface area contributed by atoms with E-state index in [9.17, 15) is 14.0 Å². The number of halogens is 1. The van der Waals surface area contributed by atoms with Crippen LogP contribution < -0.4 is 4.74 Å². The highest BCUT2D eigenvalue weighted by Gasteiger charge is 2.28. The van der Waals surface area contributed by atoms with Crippen molar-refractivity contribution in [3.8, 4) is 22.1 Å². The van der Waals surface area contributed by atoms with E-state index in [4.69, 9.17) is 14.8 Å². The van der Waals surface area contributed by atoms with Crippen LogP contribution in [0.15, 0.2) is 54.9 Å². The summed E-state index contributed by atoms with van der Waals surface area (Å²) in [6.07, 6.45) is 8.41. The number of carbonyl (C=O) groups is 2. The van der Waals surface area contributed by atoms with Crippen LogP contribution in [0.25, 0.3) is 20.8 Å². The number of thiophene rings is 1. The van der Waals surface area contributed by atoms with Gasteiger partial charge < -0.3 is 14.7 Å². The SMILES string of the molecule is CN(CCO)C(=O)C1CCCN(Cc2ccc(-c3cc4nccc(Oc5ccc(CC(=O)CC6CC6)cc5F)c4s3)nc2)C1. The van der Waals surface area contributed by atoms with Crippen LogP contribution in [0, 0.1) is 17.7 Å². The molecule has 4 aromatic rings. The fourth-order valence-electron chi connectivity index (χ4n) is 5.82. The lowest BCUT2D eigenvalue weighted by Crippen LogP contribution is -2.44. The molecule has 1 saturated heterocycles. The van der Waals surface area contributed by atoms with Gasteiger partial charge in [-0.1, -0.05) is 12.1 Å². The van der Waals surface area contributed by atoms with Gasteiger partial charge in [0.15, 0.2) is 11.6 Å². The standard InChI is InChI=1S/C34H37FN4O4S/c1-38(13-14-40)34(42)25-3-2-12-39(21-25)20-24-6-8-28(37-19-24)32-18-29-33(44-32)31(10-11-36-29)43-30-9-7-23(17-27(30)35)16-26(41)15-22-4-5-22/h6-11,17-19,22,25,40H,2-5,12-16,20-21H2,1H3. The van der Waals surface area contributed by atoms with Crippen LogP contribution in [-0.2, 0) is 22.6 Å². The van der Waals surface area contributed by atoms with Gasteiger partial charge in [-0.25, -0.2) is 4.39 Å². The molecule has 1 atom stereocenters. The smallest absolute Gasteiger partial charge is 0.226 e. The van der Waals surface area contributed by atoms with Gasteiger partial charge in [-0.15, -0.1) is 11.3 Å². The Morgan fingerprint density at radius 2 is 1.93 bits per heavy atom. The van der Waals surface area contributed by atoms with E-state index in [0.29, 0.717) is 43.3 Å². The number of ketones is 1. The zero-order valence-corrected chi connectivity index (χ0v) is 25.7. The number of amides is 1. The summed E-state index contributed by atoms with van der Waals surface area (Å²) in [6.45, 7) is 2.67. The number of piperidine rings is 1. The molecule has 1 saturated carbocycles. The number of hydrogen-bond acceptors (Lipinski definition) is 8. The number of likely N-dealkylation sites (N-methyl/N-ethyl adjacent to an activating group) is 1. The number of hydrogen-bond donors (Lipinski definition) is 1. The molecule has 2 fully saturated rings. The van der Waals surface area contributed by atoms with Crippen molar-refractivity contribution in [2.24, 2.45) is 11.8 Å². The molecule has 1 unspecified atom stereocenters. The Kier molecular flexibility index (Phi) is 9.30. The van der Waals surface area contributed by atoms with Crippen LogP contribution in [0.2, 0.25) is 0 Å². The molecule has 6 rings (SSSR count). The van der Waals surface area contributed by atoms with Crippen LogP contribution in [-0.4, -0.2) is 69.9 Å². The minimum Gasteiger partial charge on any atom is -0.453 e. The van der Waals surface area contributed by atoms with Gasteiger partial charge >= 0.3 is 0 Å². The van der Waals surface area contributed by atoms with E-state index < -0.39 is 5.82 Å². The summed E-state index contributed by atoms with van der Waals surface area (Å²) in [5.41, 5.74) is 3.28. The van der Waals surface area contributed by atoms with Gasteiger partial charge in [0.1, 0.15) is 11.5 Å². The fourth-order valence-corrected chi connectivity index (χ4v) is 6.86. The molecule has 8 nitrogen and oxygen atoms in total. The first-order valence-corrected chi connectivity index (χ1v) is 16.1. The summed E-state index contributed by atoms with van der Waals surface area (Å²) in [6, 6.07) is 12.5. The van der Waals surface area contributed by atoms with Crippen molar-refractivity contribution in [1.29, 1.82) is 0 Å². The number of rotatable bonds is 12. The molecule has 3 aromatic heterocycles. The molecule has 0 bridgehead atoms. The molecule has 1 aromatic carbocycles. The van der Waals surface area contributed by atoms with E-state index in [1.165, 1.54) is 17.4 Å². The number of likely N-dealkylation sites (tertiary alicyclic amines) is 1. The lowest BCUT2D eigenvalue weighted by atomic mass is 9.96. The molecule has 2 aliphatic rings. The zero-order valence-electron chi connectivity index (χ0n) is 24.9. The van der Waals surface area contributed by atoms with E-state index >= 15 is 0 Å². The first kappa shape index (κ1) is 30.3. The zero-order chi connectivity index (χ0) is 30.6. The second-order valence-corrected chi connectivity index (χ2v) is 13.0. The molecule has 230 valence electrons. The van der Waals surface area contributed by atoms with Crippen molar-refractivity contribution in [2.45, 2.75) is 45.1 Å². The highest BCUT2D eigenvalue weighted by atomic mass is 32.1. The van der Waals surface area contributed by atoms with E-state index in [0.717, 1.165) is 58.6 Å². The molecular weight excluding hydrogens is 579 g/mol. The van der Waals surface area contributed by atoms with Crippen molar-refractivity contribution in [1.82, 2.24) is 19.8 Å². The van der Waals surface area contributed by atoms with Gasteiger partial charge in [-0.05, 0) is 73.5 Å². The van der Waals surface area contributed by atoms with E-state index in [2.05, 4.69) is 16.0 Å². The van der Waals surface area contributed by atoms with Gasteiger partial charge in [0, 0.05) is 58.0 Å². The number of nitrogens with zero attached hydrogens (tertiary/aromatic N) is 4. The highest BCUT2D eigenvalue weighted by Crippen LogP contribution is 2.39. The van der Waals surface area contributed by atoms with Crippen molar-refractivity contribution in [3.63, 3.8) is 0 Å². The van der Waals surface area contributed by atoms with Gasteiger partial charge in [-0.3, -0.25) is 24.5 Å². The average Bonchev–Trinajstić information content (AvgIpc) is 3.72. The lowest BCUT2D eigenvalue weighted by molar-refractivity contribution is -0.136. The first-order valence-electron chi connectivity index (χ1n) is 15.3. The highest BCUT2D eigenvalue weighted by molar-refractivity contribution is 7.22. The minimum absolute atomic E-state index is 0.0302. The van der Waals surface area contributed by atoms with Gasteiger partial charge in [0.05, 0.1) is 33.3 Å². The number of carbonyl (C=O) groups excluding carboxylic acids is 2. The number of aliphatic hydroxyl groups is 1. The van der Waals surface area contributed by atoms with Gasteiger partial charge in [0.25, 0.3) is 0 Å². The number of aromatic nitrogens is 2. The molecule has 0 spiro atoms. The predicted molar refractivity (Wildman–Crippen MR) is 168 cm³/mol. The Morgan fingerprint density at radius 1 is 1.09 bits per heavy atom. The Bertz CT molecular complexity index is 1640. The Hall–Kier alpha value is -3.73. The maximum atomic E-state index is 15.0. The molecule has 0 radical (unpaired) electrons. The maximum Gasteiger partial charge on any atom is 0.226 e. The monoisotopic (exact) mass is 616 g/mol. The van der Waals surface area contributed by atoms with Crippen LogP contribution >= 0.6 is 11.3 Å². The number of Topliss-reactive ketones (excluding diaryl/α,β-unsaturated/α-hetero) is 1. The second kappa shape index (κ2) is 13.5. The van der Waals surface area contributed by atoms with E-state index in [-0.39, 0.29) is 36.4 Å². The van der Waals surface area contributed by atoms with Gasteiger partial charge in [0.2, 0.25) is 5.91 Å². The van der Waals surface area contributed by atoms with Crippen LogP contribution in [0.5, 0.6) is 11.5 Å². The first-order chi connectivity index (χ1) is 21.4. The third-order valence-corrected chi connectivity index (χ3v) is 9.52. The lowest BCUT2D eigenvalue weighted by Gasteiger charge is -2.33. The topological polar surface area (TPSA) is 95.9 Å². The number of ether oxygens (including phenoxy) is 1. The van der Waals surface area contributed by atoms with Crippen molar-refractivity contribution in [3.05, 3.63) is 71.8 Å². The molecular formula is C34H37FN4O4S. The summed E-state index contributed by atoms with van der Waals surface area (Å²) in [4.78, 5) is 39.0. The number of benzene rings is 1. The summed E-state index contributed by atoms with van der Waals surface area (Å²) in [5.74, 6) is 0.830. The predicted octanol–water partition coefficient (Wildman–Crippen LogP) is 5.86. The largest absolute Gasteiger partial charge is 0.453 e. The summed E-state index contributed by atoms with van der Waals surface area (Å²) in [7, 11) is 1.75. The van der Waals surface area contributed by atoms with Crippen molar-refractivity contribution in [2.75, 3.05) is 33.3 Å². The van der Waals surface area contributed by atoms with Crippen molar-refractivity contribution < 1.29 is 23.8 Å². The Balaban J connectivity index is 1.11. The van der Waals surface area contributed by atoms with Crippen molar-refractivity contribution >= 4 is 33.2 Å². The third-order valence-electron chi connectivity index (χ3n) is 8.36.